The first kappa shape index (κ1) is 18.4. The zero-order chi connectivity index (χ0) is 19.3. The molecule has 28 heavy (non-hydrogen) atoms. The van der Waals surface area contributed by atoms with Gasteiger partial charge in [0.05, 0.1) is 19.3 Å². The van der Waals surface area contributed by atoms with Crippen LogP contribution in [0, 0.1) is 0 Å². The van der Waals surface area contributed by atoms with Crippen LogP contribution in [0.3, 0.4) is 0 Å². The maximum absolute atomic E-state index is 12.7. The third kappa shape index (κ3) is 4.13. The summed E-state index contributed by atoms with van der Waals surface area (Å²) in [6.45, 7) is 0.960. The van der Waals surface area contributed by atoms with Gasteiger partial charge in [0.1, 0.15) is 17.5 Å². The third-order valence-electron chi connectivity index (χ3n) is 4.88. The summed E-state index contributed by atoms with van der Waals surface area (Å²) in [5.74, 6) is 0.456. The molecule has 1 amide bonds. The number of pyridine rings is 1. The van der Waals surface area contributed by atoms with Gasteiger partial charge in [0.2, 0.25) is 0 Å². The number of benzene rings is 2. The third-order valence-corrected chi connectivity index (χ3v) is 4.88. The van der Waals surface area contributed by atoms with Gasteiger partial charge in [0, 0.05) is 18.2 Å². The summed E-state index contributed by atoms with van der Waals surface area (Å²) in [5.41, 5.74) is 1.20. The zero-order valence-electron chi connectivity index (χ0n) is 15.4. The van der Waals surface area contributed by atoms with Crippen molar-refractivity contribution in [2.24, 2.45) is 0 Å². The smallest absolute Gasteiger partial charge is 0.270 e. The van der Waals surface area contributed by atoms with Gasteiger partial charge < -0.3 is 19.9 Å². The Morgan fingerprint density at radius 2 is 1.96 bits per heavy atom. The molecule has 2 heterocycles. The van der Waals surface area contributed by atoms with E-state index in [0.29, 0.717) is 31.1 Å². The summed E-state index contributed by atoms with van der Waals surface area (Å²) in [4.78, 5) is 17.0. The van der Waals surface area contributed by atoms with Crippen LogP contribution in [0.5, 0.6) is 5.75 Å². The highest BCUT2D eigenvalue weighted by Gasteiger charge is 2.29. The quantitative estimate of drug-likeness (QED) is 0.714. The van der Waals surface area contributed by atoms with E-state index in [-0.39, 0.29) is 24.7 Å². The monoisotopic (exact) mass is 378 g/mol. The van der Waals surface area contributed by atoms with Gasteiger partial charge in [-0.1, -0.05) is 36.4 Å². The first-order valence-corrected chi connectivity index (χ1v) is 9.33. The van der Waals surface area contributed by atoms with Crippen molar-refractivity contribution in [2.75, 3.05) is 13.2 Å². The highest BCUT2D eigenvalue weighted by atomic mass is 16.5. The molecule has 3 aromatic rings. The van der Waals surface area contributed by atoms with Crippen LogP contribution < -0.4 is 10.1 Å². The molecule has 0 saturated carbocycles. The molecule has 0 bridgehead atoms. The molecule has 2 atom stereocenters. The lowest BCUT2D eigenvalue weighted by Crippen LogP contribution is -2.51. The SMILES string of the molecule is O=C(N[C@@H]1CCOC[C@H]1Oc1ccc(CO)cc1)c1cc2ccccc2cn1. The highest BCUT2D eigenvalue weighted by Crippen LogP contribution is 2.19. The molecule has 144 valence electrons. The van der Waals surface area contributed by atoms with E-state index in [1.807, 2.05) is 48.5 Å². The van der Waals surface area contributed by atoms with Crippen LogP contribution in [0.4, 0.5) is 0 Å². The predicted molar refractivity (Wildman–Crippen MR) is 105 cm³/mol. The van der Waals surface area contributed by atoms with Crippen molar-refractivity contribution in [1.29, 1.82) is 0 Å². The Bertz CT molecular complexity index is 958. The van der Waals surface area contributed by atoms with E-state index in [0.717, 1.165) is 16.3 Å². The molecule has 0 spiro atoms. The number of aliphatic hydroxyl groups is 1. The standard InChI is InChI=1S/C22H22N2O4/c25-13-15-5-7-18(8-6-15)28-21-14-27-10-9-19(21)24-22(26)20-11-16-3-1-2-4-17(16)12-23-20/h1-8,11-12,19,21,25H,9-10,13-14H2,(H,24,26)/t19-,21-/m1/s1. The van der Waals surface area contributed by atoms with Crippen molar-refractivity contribution < 1.29 is 19.4 Å². The molecule has 1 saturated heterocycles. The number of ether oxygens (including phenoxy) is 2. The van der Waals surface area contributed by atoms with Gasteiger partial charge in [-0.2, -0.15) is 0 Å². The summed E-state index contributed by atoms with van der Waals surface area (Å²) in [5, 5.41) is 14.2. The van der Waals surface area contributed by atoms with Gasteiger partial charge in [-0.3, -0.25) is 9.78 Å². The summed E-state index contributed by atoms with van der Waals surface area (Å²) < 4.78 is 11.6. The minimum atomic E-state index is -0.293. The van der Waals surface area contributed by atoms with Crippen molar-refractivity contribution in [3.63, 3.8) is 0 Å². The Balaban J connectivity index is 1.46. The molecule has 2 aromatic carbocycles. The van der Waals surface area contributed by atoms with Crippen LogP contribution in [-0.2, 0) is 11.3 Å². The van der Waals surface area contributed by atoms with E-state index in [4.69, 9.17) is 14.6 Å². The number of aromatic nitrogens is 1. The number of carbonyl (C=O) groups excluding carboxylic acids is 1. The topological polar surface area (TPSA) is 80.7 Å². The minimum Gasteiger partial charge on any atom is -0.486 e. The predicted octanol–water partition coefficient (Wildman–Crippen LogP) is 2.69. The molecule has 1 aliphatic heterocycles. The summed E-state index contributed by atoms with van der Waals surface area (Å²) >= 11 is 0. The first-order chi connectivity index (χ1) is 13.7. The first-order valence-electron chi connectivity index (χ1n) is 9.33. The summed E-state index contributed by atoms with van der Waals surface area (Å²) in [6.07, 6.45) is 2.09. The lowest BCUT2D eigenvalue weighted by molar-refractivity contribution is -0.0135. The molecule has 1 aromatic heterocycles. The second-order valence-electron chi connectivity index (χ2n) is 6.82. The van der Waals surface area contributed by atoms with Crippen LogP contribution >= 0.6 is 0 Å². The molecule has 4 rings (SSSR count). The highest BCUT2D eigenvalue weighted by molar-refractivity contribution is 5.96. The molecule has 1 fully saturated rings. The van der Waals surface area contributed by atoms with E-state index in [2.05, 4.69) is 10.3 Å². The Kier molecular flexibility index (Phi) is 5.50. The number of amides is 1. The van der Waals surface area contributed by atoms with Crippen LogP contribution in [0.25, 0.3) is 10.8 Å². The molecule has 0 radical (unpaired) electrons. The van der Waals surface area contributed by atoms with Gasteiger partial charge in [-0.25, -0.2) is 0 Å². The number of rotatable bonds is 5. The van der Waals surface area contributed by atoms with Crippen LogP contribution in [0.1, 0.15) is 22.5 Å². The lowest BCUT2D eigenvalue weighted by Gasteiger charge is -2.32. The average Bonchev–Trinajstić information content (AvgIpc) is 2.75. The zero-order valence-corrected chi connectivity index (χ0v) is 15.4. The second kappa shape index (κ2) is 8.37. The van der Waals surface area contributed by atoms with Gasteiger partial charge in [0.15, 0.2) is 0 Å². The average molecular weight is 378 g/mol. The van der Waals surface area contributed by atoms with E-state index in [1.165, 1.54) is 0 Å². The maximum atomic E-state index is 12.7. The summed E-state index contributed by atoms with van der Waals surface area (Å²) in [7, 11) is 0. The fourth-order valence-corrected chi connectivity index (χ4v) is 3.29. The van der Waals surface area contributed by atoms with Crippen molar-refractivity contribution in [3.8, 4) is 5.75 Å². The van der Waals surface area contributed by atoms with E-state index in [9.17, 15) is 4.79 Å². The Morgan fingerprint density at radius 3 is 2.75 bits per heavy atom. The summed E-state index contributed by atoms with van der Waals surface area (Å²) in [6, 6.07) is 16.7. The van der Waals surface area contributed by atoms with Gasteiger partial charge in [-0.15, -0.1) is 0 Å². The molecule has 1 aliphatic rings. The Labute approximate surface area is 163 Å². The molecule has 0 aliphatic carbocycles. The van der Waals surface area contributed by atoms with Gasteiger partial charge in [0.25, 0.3) is 5.91 Å². The Hall–Kier alpha value is -2.96. The fourth-order valence-electron chi connectivity index (χ4n) is 3.29. The number of carbonyl (C=O) groups is 1. The molecule has 0 unspecified atom stereocenters. The number of nitrogens with zero attached hydrogens (tertiary/aromatic N) is 1. The van der Waals surface area contributed by atoms with Crippen LogP contribution in [0.15, 0.2) is 60.8 Å². The number of aliphatic hydroxyl groups excluding tert-OH is 1. The van der Waals surface area contributed by atoms with Crippen molar-refractivity contribution >= 4 is 16.7 Å². The lowest BCUT2D eigenvalue weighted by atomic mass is 10.1. The number of hydrogen-bond acceptors (Lipinski definition) is 5. The molecule has 2 N–H and O–H groups in total. The largest absolute Gasteiger partial charge is 0.486 e. The Morgan fingerprint density at radius 1 is 1.18 bits per heavy atom. The van der Waals surface area contributed by atoms with E-state index in [1.54, 1.807) is 12.3 Å². The number of nitrogens with one attached hydrogen (secondary N) is 1. The van der Waals surface area contributed by atoms with Crippen molar-refractivity contribution in [2.45, 2.75) is 25.2 Å². The van der Waals surface area contributed by atoms with Crippen LogP contribution in [0.2, 0.25) is 0 Å². The molecular formula is C22H22N2O4. The van der Waals surface area contributed by atoms with Crippen molar-refractivity contribution in [3.05, 3.63) is 72.1 Å². The molecule has 6 nitrogen and oxygen atoms in total. The number of fused-ring (bicyclic) bond motifs is 1. The number of hydrogen-bond donors (Lipinski definition) is 2. The van der Waals surface area contributed by atoms with Gasteiger partial charge >= 0.3 is 0 Å². The molecular weight excluding hydrogens is 356 g/mol. The normalized spacial score (nSPS) is 19.3. The van der Waals surface area contributed by atoms with Crippen LogP contribution in [-0.4, -0.2) is 41.4 Å². The maximum Gasteiger partial charge on any atom is 0.270 e. The van der Waals surface area contributed by atoms with E-state index < -0.39 is 0 Å². The van der Waals surface area contributed by atoms with Gasteiger partial charge in [-0.05, 0) is 35.6 Å². The minimum absolute atomic E-state index is 0.00966. The van der Waals surface area contributed by atoms with E-state index >= 15 is 0 Å². The molecule has 6 heteroatoms. The second-order valence-corrected chi connectivity index (χ2v) is 6.82. The fraction of sp³-hybridized carbons (Fsp3) is 0.273. The van der Waals surface area contributed by atoms with Crippen molar-refractivity contribution in [1.82, 2.24) is 10.3 Å².